The van der Waals surface area contributed by atoms with Crippen LogP contribution in [0.25, 0.3) is 0 Å². The fourth-order valence-electron chi connectivity index (χ4n) is 3.47. The van der Waals surface area contributed by atoms with Gasteiger partial charge in [-0.05, 0) is 30.4 Å². The van der Waals surface area contributed by atoms with E-state index in [1.54, 1.807) is 0 Å². The van der Waals surface area contributed by atoms with Crippen molar-refractivity contribution in [3.8, 4) is 0 Å². The molecule has 0 aliphatic carbocycles. The maximum Gasteiger partial charge on any atom is 0.151 e. The summed E-state index contributed by atoms with van der Waals surface area (Å²) in [6, 6.07) is 21.4. The SMILES string of the molecule is c1ccc(C(c2ccccc2)c2[nH]nc3c2CCCCN3)cc1. The Kier molecular flexibility index (Phi) is 3.85. The first-order valence-electron chi connectivity index (χ1n) is 8.34. The molecule has 0 bridgehead atoms. The normalized spacial score (nSPS) is 14.1. The van der Waals surface area contributed by atoms with E-state index < -0.39 is 0 Å². The van der Waals surface area contributed by atoms with Crippen molar-refractivity contribution in [3.05, 3.63) is 83.0 Å². The second-order valence-corrected chi connectivity index (χ2v) is 6.10. The highest BCUT2D eigenvalue weighted by Crippen LogP contribution is 2.36. The van der Waals surface area contributed by atoms with Crippen molar-refractivity contribution in [2.24, 2.45) is 0 Å². The minimum absolute atomic E-state index is 0.202. The van der Waals surface area contributed by atoms with Gasteiger partial charge in [-0.15, -0.1) is 0 Å². The highest BCUT2D eigenvalue weighted by atomic mass is 15.2. The topological polar surface area (TPSA) is 40.7 Å². The average Bonchev–Trinajstić information content (AvgIpc) is 2.85. The van der Waals surface area contributed by atoms with Crippen molar-refractivity contribution < 1.29 is 0 Å². The van der Waals surface area contributed by atoms with Crippen LogP contribution in [0.3, 0.4) is 0 Å². The molecule has 2 heterocycles. The zero-order valence-electron chi connectivity index (χ0n) is 13.1. The van der Waals surface area contributed by atoms with Gasteiger partial charge in [-0.1, -0.05) is 60.7 Å². The summed E-state index contributed by atoms with van der Waals surface area (Å²) in [7, 11) is 0. The van der Waals surface area contributed by atoms with Crippen molar-refractivity contribution in [2.45, 2.75) is 25.2 Å². The minimum atomic E-state index is 0.202. The van der Waals surface area contributed by atoms with E-state index in [0.717, 1.165) is 18.8 Å². The molecule has 3 heteroatoms. The molecule has 1 aliphatic rings. The number of rotatable bonds is 3. The fraction of sp³-hybridized carbons (Fsp3) is 0.250. The molecule has 0 radical (unpaired) electrons. The molecule has 3 aromatic rings. The number of benzene rings is 2. The highest BCUT2D eigenvalue weighted by molar-refractivity contribution is 5.53. The summed E-state index contributed by atoms with van der Waals surface area (Å²) < 4.78 is 0. The van der Waals surface area contributed by atoms with Crippen molar-refractivity contribution in [1.29, 1.82) is 0 Å². The minimum Gasteiger partial charge on any atom is -0.368 e. The Bertz CT molecular complexity index is 723. The van der Waals surface area contributed by atoms with Gasteiger partial charge in [0.25, 0.3) is 0 Å². The Morgan fingerprint density at radius 3 is 2.13 bits per heavy atom. The van der Waals surface area contributed by atoms with Crippen molar-refractivity contribution in [2.75, 3.05) is 11.9 Å². The summed E-state index contributed by atoms with van der Waals surface area (Å²) in [5, 5.41) is 11.3. The average molecular weight is 303 g/mol. The maximum absolute atomic E-state index is 4.55. The number of aromatic amines is 1. The summed E-state index contributed by atoms with van der Waals surface area (Å²) in [6.07, 6.45) is 3.50. The summed E-state index contributed by atoms with van der Waals surface area (Å²) in [4.78, 5) is 0. The van der Waals surface area contributed by atoms with Crippen LogP contribution in [-0.2, 0) is 6.42 Å². The highest BCUT2D eigenvalue weighted by Gasteiger charge is 2.24. The zero-order valence-corrected chi connectivity index (χ0v) is 13.1. The largest absolute Gasteiger partial charge is 0.368 e. The number of anilines is 1. The van der Waals surface area contributed by atoms with Gasteiger partial charge in [-0.2, -0.15) is 5.10 Å². The summed E-state index contributed by atoms with van der Waals surface area (Å²) >= 11 is 0. The molecule has 0 atom stereocenters. The molecule has 0 saturated carbocycles. The summed E-state index contributed by atoms with van der Waals surface area (Å²) in [6.45, 7) is 1.01. The first-order valence-corrected chi connectivity index (χ1v) is 8.34. The van der Waals surface area contributed by atoms with Gasteiger partial charge in [0.2, 0.25) is 0 Å². The van der Waals surface area contributed by atoms with Gasteiger partial charge in [0.15, 0.2) is 5.82 Å². The predicted molar refractivity (Wildman–Crippen MR) is 93.8 cm³/mol. The first kappa shape index (κ1) is 14.1. The van der Waals surface area contributed by atoms with Gasteiger partial charge in [0.1, 0.15) is 0 Å². The van der Waals surface area contributed by atoms with Crippen LogP contribution in [0.4, 0.5) is 5.82 Å². The summed E-state index contributed by atoms with van der Waals surface area (Å²) in [5.41, 5.74) is 5.18. The number of nitrogens with one attached hydrogen (secondary N) is 2. The monoisotopic (exact) mass is 303 g/mol. The van der Waals surface area contributed by atoms with Crippen LogP contribution in [0.2, 0.25) is 0 Å². The van der Waals surface area contributed by atoms with Crippen LogP contribution < -0.4 is 5.32 Å². The standard InChI is InChI=1S/C20H21N3/c1-3-9-15(10-4-1)18(16-11-5-2-6-12-16)19-17-13-7-8-14-21-20(17)23-22-19/h1-6,9-12,18H,7-8,13-14H2,(H2,21,22,23). The van der Waals surface area contributed by atoms with Gasteiger partial charge in [-0.3, -0.25) is 5.10 Å². The van der Waals surface area contributed by atoms with E-state index in [0.29, 0.717) is 0 Å². The first-order chi connectivity index (χ1) is 11.4. The molecule has 0 fully saturated rings. The Morgan fingerprint density at radius 1 is 0.826 bits per heavy atom. The lowest BCUT2D eigenvalue weighted by molar-refractivity contribution is 0.767. The lowest BCUT2D eigenvalue weighted by Crippen LogP contribution is -2.06. The zero-order chi connectivity index (χ0) is 15.5. The molecule has 3 nitrogen and oxygen atoms in total. The Hall–Kier alpha value is -2.55. The van der Waals surface area contributed by atoms with E-state index in [1.165, 1.54) is 35.2 Å². The smallest absolute Gasteiger partial charge is 0.151 e. The molecule has 116 valence electrons. The van der Waals surface area contributed by atoms with Crippen LogP contribution >= 0.6 is 0 Å². The van der Waals surface area contributed by atoms with Gasteiger partial charge in [0, 0.05) is 12.1 Å². The molecule has 23 heavy (non-hydrogen) atoms. The predicted octanol–water partition coefficient (Wildman–Crippen LogP) is 4.34. The quantitative estimate of drug-likeness (QED) is 0.755. The molecule has 2 N–H and O–H groups in total. The number of fused-ring (bicyclic) bond motifs is 1. The van der Waals surface area contributed by atoms with E-state index >= 15 is 0 Å². The number of hydrogen-bond donors (Lipinski definition) is 2. The summed E-state index contributed by atoms with van der Waals surface area (Å²) in [5.74, 6) is 1.24. The second-order valence-electron chi connectivity index (χ2n) is 6.10. The van der Waals surface area contributed by atoms with E-state index in [9.17, 15) is 0 Å². The van der Waals surface area contributed by atoms with Gasteiger partial charge >= 0.3 is 0 Å². The van der Waals surface area contributed by atoms with Crippen LogP contribution in [0.15, 0.2) is 60.7 Å². The van der Waals surface area contributed by atoms with Crippen LogP contribution in [0, 0.1) is 0 Å². The van der Waals surface area contributed by atoms with Gasteiger partial charge in [0.05, 0.1) is 11.6 Å². The van der Waals surface area contributed by atoms with E-state index in [4.69, 9.17) is 0 Å². The number of aromatic nitrogens is 2. The molecule has 1 aromatic heterocycles. The fourth-order valence-corrected chi connectivity index (χ4v) is 3.47. The lowest BCUT2D eigenvalue weighted by Gasteiger charge is -2.18. The van der Waals surface area contributed by atoms with Crippen molar-refractivity contribution >= 4 is 5.82 Å². The lowest BCUT2D eigenvalue weighted by atomic mass is 9.86. The van der Waals surface area contributed by atoms with Gasteiger partial charge in [-0.25, -0.2) is 0 Å². The van der Waals surface area contributed by atoms with E-state index in [1.807, 2.05) is 0 Å². The molecule has 0 amide bonds. The van der Waals surface area contributed by atoms with Crippen molar-refractivity contribution in [3.63, 3.8) is 0 Å². The molecular weight excluding hydrogens is 282 g/mol. The second kappa shape index (κ2) is 6.29. The van der Waals surface area contributed by atoms with Crippen LogP contribution in [-0.4, -0.2) is 16.7 Å². The molecular formula is C20H21N3. The van der Waals surface area contributed by atoms with Gasteiger partial charge < -0.3 is 5.32 Å². The Morgan fingerprint density at radius 2 is 1.48 bits per heavy atom. The molecule has 0 spiro atoms. The number of H-pyrrole nitrogens is 1. The van der Waals surface area contributed by atoms with Crippen molar-refractivity contribution in [1.82, 2.24) is 10.2 Å². The molecule has 0 unspecified atom stereocenters. The Balaban J connectivity index is 1.85. The van der Waals surface area contributed by atoms with E-state index in [-0.39, 0.29) is 5.92 Å². The molecule has 4 rings (SSSR count). The third-order valence-corrected chi connectivity index (χ3v) is 4.60. The molecule has 1 aliphatic heterocycles. The third kappa shape index (κ3) is 2.74. The molecule has 2 aromatic carbocycles. The Labute approximate surface area is 136 Å². The number of hydrogen-bond acceptors (Lipinski definition) is 2. The van der Waals surface area contributed by atoms with Crippen LogP contribution in [0.5, 0.6) is 0 Å². The maximum atomic E-state index is 4.55. The third-order valence-electron chi connectivity index (χ3n) is 4.60. The number of nitrogens with zero attached hydrogens (tertiary/aromatic N) is 1. The van der Waals surface area contributed by atoms with Crippen LogP contribution in [0.1, 0.15) is 41.1 Å². The van der Waals surface area contributed by atoms with E-state index in [2.05, 4.69) is 76.2 Å². The molecule has 0 saturated heterocycles.